The molecular weight excluding hydrogens is 240 g/mol. The van der Waals surface area contributed by atoms with Crippen molar-refractivity contribution in [1.29, 1.82) is 0 Å². The molecule has 5 unspecified atom stereocenters. The molecule has 0 bridgehead atoms. The lowest BCUT2D eigenvalue weighted by atomic mass is 9.78. The first kappa shape index (κ1) is 14.8. The van der Waals surface area contributed by atoms with Crippen molar-refractivity contribution in [1.82, 2.24) is 4.90 Å². The van der Waals surface area contributed by atoms with Crippen LogP contribution in [0.4, 0.5) is 0 Å². The van der Waals surface area contributed by atoms with Crippen molar-refractivity contribution in [2.75, 3.05) is 13.1 Å². The van der Waals surface area contributed by atoms with Crippen molar-refractivity contribution in [3.63, 3.8) is 0 Å². The molecule has 1 saturated heterocycles. The number of aliphatic hydroxyl groups excluding tert-OH is 1. The molecule has 3 N–H and O–H groups in total. The summed E-state index contributed by atoms with van der Waals surface area (Å²) < 4.78 is 0. The van der Waals surface area contributed by atoms with Crippen LogP contribution in [-0.4, -0.2) is 41.1 Å². The number of aliphatic hydroxyl groups is 1. The van der Waals surface area contributed by atoms with E-state index in [0.29, 0.717) is 25.4 Å². The fourth-order valence-electron chi connectivity index (χ4n) is 3.54. The third-order valence-electron chi connectivity index (χ3n) is 5.02. The molecule has 1 aliphatic carbocycles. The minimum atomic E-state index is -0.248. The first-order valence-electron chi connectivity index (χ1n) is 7.71. The summed E-state index contributed by atoms with van der Waals surface area (Å²) in [5.74, 6) is 0.976. The molecule has 5 atom stereocenters. The predicted molar refractivity (Wildman–Crippen MR) is 75.5 cm³/mol. The normalized spacial score (nSPS) is 38.0. The minimum absolute atomic E-state index is 0.0776. The monoisotopic (exact) mass is 268 g/mol. The Morgan fingerprint density at radius 3 is 2.74 bits per heavy atom. The lowest BCUT2D eigenvalue weighted by Crippen LogP contribution is -2.48. The first-order valence-corrected chi connectivity index (χ1v) is 7.71. The van der Waals surface area contributed by atoms with Gasteiger partial charge in [-0.25, -0.2) is 0 Å². The first-order chi connectivity index (χ1) is 8.99. The molecule has 1 heterocycles. The fourth-order valence-corrected chi connectivity index (χ4v) is 3.54. The second-order valence-corrected chi connectivity index (χ2v) is 6.59. The quantitative estimate of drug-likeness (QED) is 0.795. The van der Waals surface area contributed by atoms with Crippen molar-refractivity contribution in [2.24, 2.45) is 23.5 Å². The van der Waals surface area contributed by atoms with E-state index < -0.39 is 0 Å². The second-order valence-electron chi connectivity index (χ2n) is 6.59. The number of piperidine rings is 1. The van der Waals surface area contributed by atoms with Crippen molar-refractivity contribution < 1.29 is 9.90 Å². The molecule has 2 fully saturated rings. The van der Waals surface area contributed by atoms with Crippen LogP contribution in [-0.2, 0) is 4.79 Å². The van der Waals surface area contributed by atoms with Gasteiger partial charge in [0.1, 0.15) is 0 Å². The smallest absolute Gasteiger partial charge is 0.225 e. The van der Waals surface area contributed by atoms with Gasteiger partial charge in [-0.05, 0) is 37.5 Å². The summed E-state index contributed by atoms with van der Waals surface area (Å²) in [6, 6.07) is 0.274. The van der Waals surface area contributed by atoms with Crippen molar-refractivity contribution in [3.05, 3.63) is 0 Å². The van der Waals surface area contributed by atoms with Gasteiger partial charge in [0.2, 0.25) is 5.91 Å². The molecule has 0 aromatic carbocycles. The van der Waals surface area contributed by atoms with Gasteiger partial charge in [-0.2, -0.15) is 0 Å². The van der Waals surface area contributed by atoms with Crippen LogP contribution < -0.4 is 5.73 Å². The number of carbonyl (C=O) groups is 1. The van der Waals surface area contributed by atoms with Crippen LogP contribution in [0.1, 0.15) is 46.0 Å². The molecule has 0 radical (unpaired) electrons. The van der Waals surface area contributed by atoms with Gasteiger partial charge < -0.3 is 15.7 Å². The van der Waals surface area contributed by atoms with Crippen LogP contribution in [0.2, 0.25) is 0 Å². The molecule has 1 saturated carbocycles. The summed E-state index contributed by atoms with van der Waals surface area (Å²) in [6.45, 7) is 5.47. The molecule has 2 aliphatic rings. The number of rotatable bonds is 2. The Balaban J connectivity index is 1.91. The lowest BCUT2D eigenvalue weighted by molar-refractivity contribution is -0.140. The number of nitrogens with zero attached hydrogens (tertiary/aromatic N) is 1. The molecule has 0 spiro atoms. The van der Waals surface area contributed by atoms with E-state index in [1.54, 1.807) is 0 Å². The van der Waals surface area contributed by atoms with E-state index in [0.717, 1.165) is 25.7 Å². The van der Waals surface area contributed by atoms with Crippen molar-refractivity contribution >= 4 is 5.91 Å². The Morgan fingerprint density at radius 1 is 1.37 bits per heavy atom. The van der Waals surface area contributed by atoms with Crippen molar-refractivity contribution in [2.45, 2.75) is 58.1 Å². The van der Waals surface area contributed by atoms with Gasteiger partial charge in [0.15, 0.2) is 0 Å². The maximum atomic E-state index is 12.6. The molecule has 110 valence electrons. The summed E-state index contributed by atoms with van der Waals surface area (Å²) in [4.78, 5) is 14.5. The zero-order valence-corrected chi connectivity index (χ0v) is 12.2. The lowest BCUT2D eigenvalue weighted by Gasteiger charge is -2.38. The Labute approximate surface area is 116 Å². The standard InChI is InChI=1S/C15H28N2O2/c1-10-9-17(7-6-14(10)18)15(19)11(2)12-4-3-5-13(16)8-12/h10-14,18H,3-9,16H2,1-2H3. The number of hydrogen-bond acceptors (Lipinski definition) is 3. The summed E-state index contributed by atoms with van der Waals surface area (Å²) >= 11 is 0. The Hall–Kier alpha value is -0.610. The van der Waals surface area contributed by atoms with Crippen LogP contribution in [0.25, 0.3) is 0 Å². The summed E-state index contributed by atoms with van der Waals surface area (Å²) in [7, 11) is 0. The Bertz CT molecular complexity index is 321. The van der Waals surface area contributed by atoms with Gasteiger partial charge in [0.05, 0.1) is 6.10 Å². The minimum Gasteiger partial charge on any atom is -0.393 e. The third kappa shape index (κ3) is 3.48. The summed E-state index contributed by atoms with van der Waals surface area (Å²) in [5, 5.41) is 9.74. The SMILES string of the molecule is CC1CN(C(=O)C(C)C2CCCC(N)C2)CCC1O. The zero-order chi connectivity index (χ0) is 14.0. The molecule has 1 amide bonds. The highest BCUT2D eigenvalue weighted by Gasteiger charge is 2.34. The predicted octanol–water partition coefficient (Wildman–Crippen LogP) is 1.37. The van der Waals surface area contributed by atoms with Gasteiger partial charge in [0.25, 0.3) is 0 Å². The highest BCUT2D eigenvalue weighted by molar-refractivity contribution is 5.79. The summed E-state index contributed by atoms with van der Waals surface area (Å²) in [6.07, 6.45) is 4.83. The van der Waals surface area contributed by atoms with Crippen LogP contribution in [0.5, 0.6) is 0 Å². The molecular formula is C15H28N2O2. The van der Waals surface area contributed by atoms with Gasteiger partial charge >= 0.3 is 0 Å². The van der Waals surface area contributed by atoms with Crippen LogP contribution in [0.3, 0.4) is 0 Å². The maximum absolute atomic E-state index is 12.6. The largest absolute Gasteiger partial charge is 0.393 e. The molecule has 19 heavy (non-hydrogen) atoms. The third-order valence-corrected chi connectivity index (χ3v) is 5.02. The molecule has 0 aromatic rings. The maximum Gasteiger partial charge on any atom is 0.225 e. The molecule has 4 heteroatoms. The molecule has 4 nitrogen and oxygen atoms in total. The van der Waals surface area contributed by atoms with E-state index in [9.17, 15) is 9.90 Å². The van der Waals surface area contributed by atoms with Crippen LogP contribution >= 0.6 is 0 Å². The fraction of sp³-hybridized carbons (Fsp3) is 0.933. The van der Waals surface area contributed by atoms with E-state index in [1.807, 2.05) is 11.8 Å². The van der Waals surface area contributed by atoms with Crippen LogP contribution in [0.15, 0.2) is 0 Å². The van der Waals surface area contributed by atoms with Gasteiger partial charge in [0, 0.05) is 25.0 Å². The number of hydrogen-bond donors (Lipinski definition) is 2. The second kappa shape index (κ2) is 6.23. The van der Waals surface area contributed by atoms with E-state index in [-0.39, 0.29) is 29.9 Å². The number of nitrogens with two attached hydrogens (primary N) is 1. The van der Waals surface area contributed by atoms with Gasteiger partial charge in [-0.1, -0.05) is 20.3 Å². The van der Waals surface area contributed by atoms with E-state index >= 15 is 0 Å². The molecule has 0 aromatic heterocycles. The average Bonchev–Trinajstić information content (AvgIpc) is 2.40. The Morgan fingerprint density at radius 2 is 2.11 bits per heavy atom. The van der Waals surface area contributed by atoms with E-state index in [2.05, 4.69) is 6.92 Å². The zero-order valence-electron chi connectivity index (χ0n) is 12.2. The van der Waals surface area contributed by atoms with Gasteiger partial charge in [-0.15, -0.1) is 0 Å². The number of likely N-dealkylation sites (tertiary alicyclic amines) is 1. The van der Waals surface area contributed by atoms with E-state index in [1.165, 1.54) is 0 Å². The van der Waals surface area contributed by atoms with Crippen LogP contribution in [0, 0.1) is 17.8 Å². The number of amides is 1. The topological polar surface area (TPSA) is 66.6 Å². The van der Waals surface area contributed by atoms with Crippen molar-refractivity contribution in [3.8, 4) is 0 Å². The Kier molecular flexibility index (Phi) is 4.85. The summed E-state index contributed by atoms with van der Waals surface area (Å²) in [5.41, 5.74) is 6.02. The van der Waals surface area contributed by atoms with E-state index in [4.69, 9.17) is 5.73 Å². The highest BCUT2D eigenvalue weighted by Crippen LogP contribution is 2.31. The highest BCUT2D eigenvalue weighted by atomic mass is 16.3. The average molecular weight is 268 g/mol. The molecule has 2 rings (SSSR count). The van der Waals surface area contributed by atoms with Gasteiger partial charge in [-0.3, -0.25) is 4.79 Å². The number of carbonyl (C=O) groups excluding carboxylic acids is 1. The molecule has 1 aliphatic heterocycles.